The average Bonchev–Trinajstić information content (AvgIpc) is 2.00. The first kappa shape index (κ1) is 11.4. The molecule has 1 amide bonds. The molecular weight excluding hydrogens is 156 g/mol. The van der Waals surface area contributed by atoms with Crippen LogP contribution in [0.2, 0.25) is 0 Å². The summed E-state index contributed by atoms with van der Waals surface area (Å²) in [4.78, 5) is 12.9. The molecule has 0 bridgehead atoms. The fourth-order valence-corrected chi connectivity index (χ4v) is 0.940. The summed E-state index contributed by atoms with van der Waals surface area (Å²) in [7, 11) is 3.42. The molecule has 0 aliphatic heterocycles. The Morgan fingerprint density at radius 1 is 1.58 bits per heavy atom. The zero-order valence-electron chi connectivity index (χ0n) is 8.16. The second kappa shape index (κ2) is 5.11. The Morgan fingerprint density at radius 3 is 2.42 bits per heavy atom. The third-order valence-corrected chi connectivity index (χ3v) is 1.72. The van der Waals surface area contributed by atoms with Gasteiger partial charge in [-0.25, -0.2) is 0 Å². The summed E-state index contributed by atoms with van der Waals surface area (Å²) in [6.45, 7) is 3.83. The third-order valence-electron chi connectivity index (χ3n) is 1.72. The van der Waals surface area contributed by atoms with Crippen LogP contribution >= 0.6 is 0 Å². The lowest BCUT2D eigenvalue weighted by molar-refractivity contribution is -0.132. The number of rotatable bonds is 4. The Kier molecular flexibility index (Phi) is 4.85. The Morgan fingerprint density at radius 2 is 2.08 bits per heavy atom. The zero-order chi connectivity index (χ0) is 9.72. The molecule has 4 heteroatoms. The van der Waals surface area contributed by atoms with Crippen molar-refractivity contribution in [3.05, 3.63) is 0 Å². The fourth-order valence-electron chi connectivity index (χ4n) is 0.940. The lowest BCUT2D eigenvalue weighted by Crippen LogP contribution is -2.43. The van der Waals surface area contributed by atoms with Crippen molar-refractivity contribution >= 4 is 5.91 Å². The zero-order valence-corrected chi connectivity index (χ0v) is 8.16. The maximum Gasteiger partial charge on any atom is 0.239 e. The van der Waals surface area contributed by atoms with Crippen LogP contribution in [0, 0.1) is 0 Å². The van der Waals surface area contributed by atoms with Gasteiger partial charge in [0.2, 0.25) is 5.91 Å². The van der Waals surface area contributed by atoms with Gasteiger partial charge in [0.15, 0.2) is 0 Å². The van der Waals surface area contributed by atoms with Crippen LogP contribution in [0.3, 0.4) is 0 Å². The molecule has 4 nitrogen and oxygen atoms in total. The topological polar surface area (TPSA) is 52.6 Å². The molecule has 0 aromatic carbocycles. The van der Waals surface area contributed by atoms with Gasteiger partial charge >= 0.3 is 0 Å². The van der Waals surface area contributed by atoms with Crippen LogP contribution in [0.25, 0.3) is 0 Å². The molecule has 2 unspecified atom stereocenters. The molecule has 0 saturated carbocycles. The first-order valence-corrected chi connectivity index (χ1v) is 4.09. The molecule has 0 saturated heterocycles. The van der Waals surface area contributed by atoms with E-state index < -0.39 is 6.10 Å². The van der Waals surface area contributed by atoms with Crippen LogP contribution in [0.5, 0.6) is 0 Å². The minimum Gasteiger partial charge on any atom is -0.392 e. The normalized spacial score (nSPS) is 15.4. The highest BCUT2D eigenvalue weighted by atomic mass is 16.3. The van der Waals surface area contributed by atoms with E-state index in [1.54, 1.807) is 27.9 Å². The predicted octanol–water partition coefficient (Wildman–Crippen LogP) is -0.566. The summed E-state index contributed by atoms with van der Waals surface area (Å²) < 4.78 is 0. The average molecular weight is 174 g/mol. The van der Waals surface area contributed by atoms with E-state index in [1.165, 1.54) is 4.90 Å². The molecule has 0 aromatic heterocycles. The molecule has 0 aromatic rings. The summed E-state index contributed by atoms with van der Waals surface area (Å²) in [6, 6.07) is -0.186. The van der Waals surface area contributed by atoms with Crippen LogP contribution in [0.15, 0.2) is 0 Å². The van der Waals surface area contributed by atoms with E-state index in [-0.39, 0.29) is 11.9 Å². The van der Waals surface area contributed by atoms with Gasteiger partial charge < -0.3 is 15.3 Å². The van der Waals surface area contributed by atoms with Crippen molar-refractivity contribution < 1.29 is 9.90 Å². The standard InChI is InChI=1S/C8H18N2O2/c1-6(11)5-10(4)8(12)7(2)9-3/h6-7,9,11H,5H2,1-4H3. The van der Waals surface area contributed by atoms with Gasteiger partial charge in [-0.1, -0.05) is 0 Å². The highest BCUT2D eigenvalue weighted by molar-refractivity contribution is 5.81. The van der Waals surface area contributed by atoms with Gasteiger partial charge in [-0.15, -0.1) is 0 Å². The summed E-state index contributed by atoms with van der Waals surface area (Å²) in [5, 5.41) is 11.9. The van der Waals surface area contributed by atoms with Gasteiger partial charge in [-0.05, 0) is 20.9 Å². The van der Waals surface area contributed by atoms with Gasteiger partial charge in [0.25, 0.3) is 0 Å². The fraction of sp³-hybridized carbons (Fsp3) is 0.875. The van der Waals surface area contributed by atoms with Crippen molar-refractivity contribution in [2.24, 2.45) is 0 Å². The third kappa shape index (κ3) is 3.69. The first-order valence-electron chi connectivity index (χ1n) is 4.09. The highest BCUT2D eigenvalue weighted by Crippen LogP contribution is 1.93. The van der Waals surface area contributed by atoms with Gasteiger partial charge in [0, 0.05) is 13.6 Å². The van der Waals surface area contributed by atoms with E-state index in [9.17, 15) is 4.79 Å². The second-order valence-electron chi connectivity index (χ2n) is 3.08. The molecule has 0 rings (SSSR count). The summed E-state index contributed by atoms with van der Waals surface area (Å²) in [6.07, 6.45) is -0.469. The number of nitrogens with zero attached hydrogens (tertiary/aromatic N) is 1. The van der Waals surface area contributed by atoms with E-state index in [0.29, 0.717) is 6.54 Å². The van der Waals surface area contributed by atoms with Crippen LogP contribution < -0.4 is 5.32 Å². The Hall–Kier alpha value is -0.610. The second-order valence-corrected chi connectivity index (χ2v) is 3.08. The SMILES string of the molecule is CNC(C)C(=O)N(C)CC(C)O. The summed E-state index contributed by atoms with van der Waals surface area (Å²) in [5.74, 6) is -0.00148. The molecule has 72 valence electrons. The molecule has 0 fully saturated rings. The van der Waals surface area contributed by atoms with E-state index >= 15 is 0 Å². The monoisotopic (exact) mass is 174 g/mol. The molecule has 0 aliphatic carbocycles. The minimum atomic E-state index is -0.469. The Balaban J connectivity index is 3.92. The molecule has 0 aliphatic rings. The van der Waals surface area contributed by atoms with E-state index in [0.717, 1.165) is 0 Å². The number of amides is 1. The number of likely N-dealkylation sites (N-methyl/N-ethyl adjacent to an activating group) is 2. The molecule has 0 spiro atoms. The lowest BCUT2D eigenvalue weighted by Gasteiger charge is -2.22. The van der Waals surface area contributed by atoms with Crippen molar-refractivity contribution in [2.45, 2.75) is 26.0 Å². The number of aliphatic hydroxyl groups excluding tert-OH is 1. The molecule has 12 heavy (non-hydrogen) atoms. The molecule has 2 atom stereocenters. The number of nitrogens with one attached hydrogen (secondary N) is 1. The van der Waals surface area contributed by atoms with Crippen molar-refractivity contribution in [3.63, 3.8) is 0 Å². The molecule has 0 radical (unpaired) electrons. The minimum absolute atomic E-state index is 0.00148. The van der Waals surface area contributed by atoms with E-state index in [2.05, 4.69) is 5.32 Å². The van der Waals surface area contributed by atoms with Crippen LogP contribution in [-0.2, 0) is 4.79 Å². The van der Waals surface area contributed by atoms with Crippen LogP contribution in [-0.4, -0.2) is 48.7 Å². The van der Waals surface area contributed by atoms with Gasteiger partial charge in [0.1, 0.15) is 0 Å². The van der Waals surface area contributed by atoms with Crippen molar-refractivity contribution in [1.82, 2.24) is 10.2 Å². The molecule has 2 N–H and O–H groups in total. The van der Waals surface area contributed by atoms with E-state index in [4.69, 9.17) is 5.11 Å². The Labute approximate surface area is 73.6 Å². The van der Waals surface area contributed by atoms with Crippen molar-refractivity contribution in [1.29, 1.82) is 0 Å². The van der Waals surface area contributed by atoms with Gasteiger partial charge in [0.05, 0.1) is 12.1 Å². The first-order chi connectivity index (χ1) is 5.49. The highest BCUT2D eigenvalue weighted by Gasteiger charge is 2.16. The van der Waals surface area contributed by atoms with Crippen LogP contribution in [0.1, 0.15) is 13.8 Å². The Bertz CT molecular complexity index is 148. The smallest absolute Gasteiger partial charge is 0.239 e. The van der Waals surface area contributed by atoms with Crippen molar-refractivity contribution in [3.8, 4) is 0 Å². The maximum absolute atomic E-state index is 11.4. The number of carbonyl (C=O) groups excluding carboxylic acids is 1. The molecule has 0 heterocycles. The van der Waals surface area contributed by atoms with Gasteiger partial charge in [-0.2, -0.15) is 0 Å². The quantitative estimate of drug-likeness (QED) is 0.600. The number of carbonyl (C=O) groups is 1. The summed E-state index contributed by atoms with van der Waals surface area (Å²) in [5.41, 5.74) is 0. The number of hydrogen-bond acceptors (Lipinski definition) is 3. The summed E-state index contributed by atoms with van der Waals surface area (Å²) >= 11 is 0. The van der Waals surface area contributed by atoms with Crippen LogP contribution in [0.4, 0.5) is 0 Å². The molecular formula is C8H18N2O2. The number of hydrogen-bond donors (Lipinski definition) is 2. The maximum atomic E-state index is 11.4. The van der Waals surface area contributed by atoms with Gasteiger partial charge in [-0.3, -0.25) is 4.79 Å². The largest absolute Gasteiger partial charge is 0.392 e. The predicted molar refractivity (Wildman–Crippen MR) is 47.8 cm³/mol. The lowest BCUT2D eigenvalue weighted by atomic mass is 10.3. The van der Waals surface area contributed by atoms with E-state index in [1.807, 2.05) is 0 Å². The number of aliphatic hydroxyl groups is 1. The van der Waals surface area contributed by atoms with Crippen molar-refractivity contribution in [2.75, 3.05) is 20.6 Å².